The van der Waals surface area contributed by atoms with Crippen LogP contribution in [0.1, 0.15) is 15.9 Å². The second-order valence-corrected chi connectivity index (χ2v) is 4.16. The van der Waals surface area contributed by atoms with Crippen molar-refractivity contribution in [1.29, 1.82) is 0 Å². The highest BCUT2D eigenvalue weighted by Crippen LogP contribution is 2.13. The van der Waals surface area contributed by atoms with Crippen molar-refractivity contribution >= 4 is 11.6 Å². The zero-order valence-corrected chi connectivity index (χ0v) is 10.4. The molecule has 0 aromatic heterocycles. The van der Waals surface area contributed by atoms with Crippen LogP contribution in [0.25, 0.3) is 0 Å². The van der Waals surface area contributed by atoms with E-state index in [0.29, 0.717) is 0 Å². The van der Waals surface area contributed by atoms with Crippen LogP contribution in [0.5, 0.6) is 5.75 Å². The average molecular weight is 272 g/mol. The van der Waals surface area contributed by atoms with Crippen LogP contribution in [-0.2, 0) is 6.54 Å². The summed E-state index contributed by atoms with van der Waals surface area (Å²) >= 11 is 0. The van der Waals surface area contributed by atoms with Gasteiger partial charge < -0.3 is 10.4 Å². The van der Waals surface area contributed by atoms with Gasteiger partial charge in [-0.25, -0.2) is 0 Å². The van der Waals surface area contributed by atoms with Gasteiger partial charge in [0.1, 0.15) is 5.75 Å². The number of nitro benzene ring substituents is 1. The number of amides is 1. The number of carbonyl (C=O) groups excluding carboxylic acids is 1. The summed E-state index contributed by atoms with van der Waals surface area (Å²) in [7, 11) is 0. The molecule has 2 aromatic rings. The van der Waals surface area contributed by atoms with E-state index in [0.717, 1.165) is 5.56 Å². The molecular weight excluding hydrogens is 260 g/mol. The van der Waals surface area contributed by atoms with E-state index in [4.69, 9.17) is 5.11 Å². The summed E-state index contributed by atoms with van der Waals surface area (Å²) in [5, 5.41) is 22.4. The number of nitrogens with one attached hydrogen (secondary N) is 1. The standard InChI is InChI=1S/C14H12N2O4/c17-13-6-4-10(5-7-13)9-15-14(18)11-2-1-3-12(8-11)16(19)20/h1-8,17H,9H2,(H,15,18). The SMILES string of the molecule is O=C(NCc1ccc(O)cc1)c1cccc([N+](=O)[O-])c1. The third-order valence-electron chi connectivity index (χ3n) is 2.71. The van der Waals surface area contributed by atoms with Crippen LogP contribution < -0.4 is 5.32 Å². The zero-order chi connectivity index (χ0) is 14.5. The molecule has 0 unspecified atom stereocenters. The quantitative estimate of drug-likeness (QED) is 0.659. The van der Waals surface area contributed by atoms with Crippen molar-refractivity contribution < 1.29 is 14.8 Å². The Morgan fingerprint density at radius 1 is 1.20 bits per heavy atom. The Morgan fingerprint density at radius 2 is 1.90 bits per heavy atom. The molecule has 102 valence electrons. The molecule has 0 aliphatic heterocycles. The van der Waals surface area contributed by atoms with Crippen molar-refractivity contribution in [1.82, 2.24) is 5.32 Å². The minimum atomic E-state index is -0.545. The number of phenols is 1. The first-order valence-electron chi connectivity index (χ1n) is 5.87. The molecule has 0 fully saturated rings. The predicted octanol–water partition coefficient (Wildman–Crippen LogP) is 2.23. The summed E-state index contributed by atoms with van der Waals surface area (Å²) < 4.78 is 0. The number of non-ortho nitro benzene ring substituents is 1. The van der Waals surface area contributed by atoms with Crippen molar-refractivity contribution in [2.45, 2.75) is 6.54 Å². The highest BCUT2D eigenvalue weighted by Gasteiger charge is 2.11. The number of aromatic hydroxyl groups is 1. The monoisotopic (exact) mass is 272 g/mol. The Bertz CT molecular complexity index is 638. The molecule has 0 bridgehead atoms. The van der Waals surface area contributed by atoms with Crippen molar-refractivity contribution in [3.05, 3.63) is 69.8 Å². The third kappa shape index (κ3) is 3.32. The van der Waals surface area contributed by atoms with Gasteiger partial charge in [-0.3, -0.25) is 14.9 Å². The number of benzene rings is 2. The molecule has 6 heteroatoms. The molecule has 2 aromatic carbocycles. The van der Waals surface area contributed by atoms with Crippen molar-refractivity contribution in [2.24, 2.45) is 0 Å². The summed E-state index contributed by atoms with van der Waals surface area (Å²) in [6.07, 6.45) is 0. The van der Waals surface area contributed by atoms with Gasteiger partial charge in [-0.15, -0.1) is 0 Å². The molecule has 1 amide bonds. The first-order chi connectivity index (χ1) is 9.56. The van der Waals surface area contributed by atoms with E-state index in [-0.39, 0.29) is 29.5 Å². The Balaban J connectivity index is 2.03. The van der Waals surface area contributed by atoms with Crippen molar-refractivity contribution in [3.8, 4) is 5.75 Å². The van der Waals surface area contributed by atoms with E-state index in [1.807, 2.05) is 0 Å². The summed E-state index contributed by atoms with van der Waals surface area (Å²) in [5.41, 5.74) is 0.932. The molecule has 0 radical (unpaired) electrons. The van der Waals surface area contributed by atoms with Gasteiger partial charge >= 0.3 is 0 Å². The maximum atomic E-state index is 11.9. The average Bonchev–Trinajstić information content (AvgIpc) is 2.46. The summed E-state index contributed by atoms with van der Waals surface area (Å²) in [6.45, 7) is 0.280. The molecule has 0 saturated carbocycles. The minimum absolute atomic E-state index is 0.123. The lowest BCUT2D eigenvalue weighted by molar-refractivity contribution is -0.384. The predicted molar refractivity (Wildman–Crippen MR) is 72.4 cm³/mol. The second-order valence-electron chi connectivity index (χ2n) is 4.16. The number of nitro groups is 1. The van der Waals surface area contributed by atoms with Crippen LogP contribution in [0, 0.1) is 10.1 Å². The fourth-order valence-corrected chi connectivity index (χ4v) is 1.66. The van der Waals surface area contributed by atoms with Gasteiger partial charge in [0, 0.05) is 24.2 Å². The number of carbonyl (C=O) groups is 1. The fraction of sp³-hybridized carbons (Fsp3) is 0.0714. The first kappa shape index (κ1) is 13.5. The fourth-order valence-electron chi connectivity index (χ4n) is 1.66. The van der Waals surface area contributed by atoms with Gasteiger partial charge in [-0.1, -0.05) is 18.2 Å². The van der Waals surface area contributed by atoms with Crippen LogP contribution >= 0.6 is 0 Å². The molecular formula is C14H12N2O4. The van der Waals surface area contributed by atoms with E-state index >= 15 is 0 Å². The van der Waals surface area contributed by atoms with Gasteiger partial charge in [0.25, 0.3) is 11.6 Å². The van der Waals surface area contributed by atoms with Crippen LogP contribution in [0.2, 0.25) is 0 Å². The first-order valence-corrected chi connectivity index (χ1v) is 5.87. The molecule has 0 atom stereocenters. The zero-order valence-electron chi connectivity index (χ0n) is 10.4. The van der Waals surface area contributed by atoms with Gasteiger partial charge in [0.2, 0.25) is 0 Å². The highest BCUT2D eigenvalue weighted by molar-refractivity contribution is 5.94. The minimum Gasteiger partial charge on any atom is -0.508 e. The number of hydrogen-bond donors (Lipinski definition) is 2. The maximum Gasteiger partial charge on any atom is 0.270 e. The van der Waals surface area contributed by atoms with E-state index in [2.05, 4.69) is 5.32 Å². The summed E-state index contributed by atoms with van der Waals surface area (Å²) in [6, 6.07) is 11.9. The molecule has 0 aliphatic rings. The van der Waals surface area contributed by atoms with Crippen LogP contribution in [0.3, 0.4) is 0 Å². The Labute approximate surface area is 114 Å². The Kier molecular flexibility index (Phi) is 3.95. The number of phenolic OH excluding ortho intramolecular Hbond substituents is 1. The summed E-state index contributed by atoms with van der Waals surface area (Å²) in [5.74, 6) is -0.236. The molecule has 2 N–H and O–H groups in total. The third-order valence-corrected chi connectivity index (χ3v) is 2.71. The van der Waals surface area contributed by atoms with E-state index < -0.39 is 4.92 Å². The molecule has 0 saturated heterocycles. The molecule has 0 aliphatic carbocycles. The lowest BCUT2D eigenvalue weighted by Gasteiger charge is -2.05. The summed E-state index contributed by atoms with van der Waals surface area (Å²) in [4.78, 5) is 22.0. The Morgan fingerprint density at radius 3 is 2.55 bits per heavy atom. The smallest absolute Gasteiger partial charge is 0.270 e. The van der Waals surface area contributed by atoms with Crippen molar-refractivity contribution in [3.63, 3.8) is 0 Å². The lowest BCUT2D eigenvalue weighted by Crippen LogP contribution is -2.22. The van der Waals surface area contributed by atoms with Gasteiger partial charge in [0.05, 0.1) is 4.92 Å². The van der Waals surface area contributed by atoms with Gasteiger partial charge in [-0.05, 0) is 23.8 Å². The number of hydrogen-bond acceptors (Lipinski definition) is 4. The van der Waals surface area contributed by atoms with Crippen LogP contribution in [0.15, 0.2) is 48.5 Å². The second kappa shape index (κ2) is 5.83. The molecule has 6 nitrogen and oxygen atoms in total. The number of nitrogens with zero attached hydrogens (tertiary/aromatic N) is 1. The molecule has 2 rings (SSSR count). The molecule has 20 heavy (non-hydrogen) atoms. The largest absolute Gasteiger partial charge is 0.508 e. The number of rotatable bonds is 4. The lowest BCUT2D eigenvalue weighted by atomic mass is 10.1. The Hall–Kier alpha value is -2.89. The topological polar surface area (TPSA) is 92.5 Å². The molecule has 0 heterocycles. The maximum absolute atomic E-state index is 11.9. The van der Waals surface area contributed by atoms with E-state index in [9.17, 15) is 14.9 Å². The molecule has 0 spiro atoms. The van der Waals surface area contributed by atoms with Gasteiger partial charge in [-0.2, -0.15) is 0 Å². The van der Waals surface area contributed by atoms with E-state index in [1.165, 1.54) is 36.4 Å². The van der Waals surface area contributed by atoms with E-state index in [1.54, 1.807) is 12.1 Å². The normalized spacial score (nSPS) is 10.0. The van der Waals surface area contributed by atoms with Crippen LogP contribution in [0.4, 0.5) is 5.69 Å². The van der Waals surface area contributed by atoms with Gasteiger partial charge in [0.15, 0.2) is 0 Å². The van der Waals surface area contributed by atoms with Crippen LogP contribution in [-0.4, -0.2) is 15.9 Å². The highest BCUT2D eigenvalue weighted by atomic mass is 16.6. The van der Waals surface area contributed by atoms with Crippen molar-refractivity contribution in [2.75, 3.05) is 0 Å².